The van der Waals surface area contributed by atoms with Crippen molar-refractivity contribution in [3.8, 4) is 11.1 Å². The minimum absolute atomic E-state index is 0.349. The average Bonchev–Trinajstić information content (AvgIpc) is 3.00. The molecule has 3 rings (SSSR count). The number of nitrogens with one attached hydrogen (secondary N) is 1. The van der Waals surface area contributed by atoms with Crippen LogP contribution in [0.15, 0.2) is 48.8 Å². The smallest absolute Gasteiger partial charge is 0.0727 e. The zero-order valence-electron chi connectivity index (χ0n) is 10.9. The van der Waals surface area contributed by atoms with Crippen LogP contribution in [0.25, 0.3) is 11.1 Å². The first-order chi connectivity index (χ1) is 9.43. The molecule has 3 nitrogen and oxygen atoms in total. The molecule has 1 saturated heterocycles. The Morgan fingerprint density at radius 3 is 2.95 bits per heavy atom. The fourth-order valence-corrected chi connectivity index (χ4v) is 2.43. The molecule has 1 atom stereocenters. The number of hydrogen-bond donors (Lipinski definition) is 1. The molecule has 1 N–H and O–H groups in total. The highest BCUT2D eigenvalue weighted by Gasteiger charge is 2.15. The van der Waals surface area contributed by atoms with Crippen molar-refractivity contribution in [2.45, 2.75) is 19.1 Å². The Balaban J connectivity index is 1.77. The average molecular weight is 254 g/mol. The van der Waals surface area contributed by atoms with E-state index in [1.54, 1.807) is 6.20 Å². The van der Waals surface area contributed by atoms with Crippen LogP contribution in [-0.2, 0) is 11.3 Å². The summed E-state index contributed by atoms with van der Waals surface area (Å²) in [5, 5.41) is 3.32. The van der Waals surface area contributed by atoms with E-state index in [0.29, 0.717) is 12.7 Å². The molecule has 19 heavy (non-hydrogen) atoms. The van der Waals surface area contributed by atoms with Gasteiger partial charge < -0.3 is 10.1 Å². The minimum Gasteiger partial charge on any atom is -0.372 e. The number of aromatic nitrogens is 1. The molecule has 0 amide bonds. The van der Waals surface area contributed by atoms with E-state index in [0.717, 1.165) is 25.1 Å². The molecule has 1 aromatic heterocycles. The van der Waals surface area contributed by atoms with Crippen LogP contribution in [0.2, 0.25) is 0 Å². The molecule has 1 aliphatic heterocycles. The lowest BCUT2D eigenvalue weighted by molar-refractivity contribution is 0.0545. The van der Waals surface area contributed by atoms with Gasteiger partial charge in [0, 0.05) is 24.5 Å². The van der Waals surface area contributed by atoms with Crippen molar-refractivity contribution >= 4 is 0 Å². The van der Waals surface area contributed by atoms with Crippen LogP contribution in [0.1, 0.15) is 12.0 Å². The second-order valence-electron chi connectivity index (χ2n) is 4.82. The molecular formula is C16H18N2O. The van der Waals surface area contributed by atoms with Crippen LogP contribution < -0.4 is 5.32 Å². The second-order valence-corrected chi connectivity index (χ2v) is 4.82. The lowest BCUT2D eigenvalue weighted by Gasteiger charge is -2.13. The summed E-state index contributed by atoms with van der Waals surface area (Å²) < 4.78 is 5.97. The Labute approximate surface area is 113 Å². The lowest BCUT2D eigenvalue weighted by Crippen LogP contribution is -2.16. The van der Waals surface area contributed by atoms with Gasteiger partial charge in [-0.2, -0.15) is 0 Å². The van der Waals surface area contributed by atoms with Gasteiger partial charge >= 0.3 is 0 Å². The third-order valence-corrected chi connectivity index (χ3v) is 3.48. The van der Waals surface area contributed by atoms with Crippen molar-refractivity contribution in [1.29, 1.82) is 0 Å². The van der Waals surface area contributed by atoms with Crippen molar-refractivity contribution in [2.24, 2.45) is 0 Å². The summed E-state index contributed by atoms with van der Waals surface area (Å²) in [5.74, 6) is 0. The summed E-state index contributed by atoms with van der Waals surface area (Å²) in [4.78, 5) is 4.19. The van der Waals surface area contributed by atoms with E-state index in [9.17, 15) is 0 Å². The van der Waals surface area contributed by atoms with Crippen LogP contribution >= 0.6 is 0 Å². The highest BCUT2D eigenvalue weighted by molar-refractivity contribution is 5.66. The van der Waals surface area contributed by atoms with Gasteiger partial charge in [0.25, 0.3) is 0 Å². The predicted octanol–water partition coefficient (Wildman–Crippen LogP) is 2.63. The molecule has 2 heterocycles. The Hall–Kier alpha value is -1.71. The Kier molecular flexibility index (Phi) is 3.86. The van der Waals surface area contributed by atoms with Crippen molar-refractivity contribution < 1.29 is 4.74 Å². The van der Waals surface area contributed by atoms with E-state index in [1.807, 2.05) is 12.3 Å². The Bertz CT molecular complexity index is 521. The number of nitrogens with zero attached hydrogens (tertiary/aromatic N) is 1. The molecule has 98 valence electrons. The summed E-state index contributed by atoms with van der Waals surface area (Å²) in [6, 6.07) is 12.4. The summed E-state index contributed by atoms with van der Waals surface area (Å²) >= 11 is 0. The maximum Gasteiger partial charge on any atom is 0.0727 e. The van der Waals surface area contributed by atoms with Gasteiger partial charge in [-0.05, 0) is 30.2 Å². The van der Waals surface area contributed by atoms with E-state index in [4.69, 9.17) is 4.74 Å². The van der Waals surface area contributed by atoms with Crippen LogP contribution in [-0.4, -0.2) is 24.2 Å². The molecule has 0 radical (unpaired) electrons. The van der Waals surface area contributed by atoms with Crippen molar-refractivity contribution in [1.82, 2.24) is 10.3 Å². The largest absolute Gasteiger partial charge is 0.372 e. The molecule has 1 aliphatic rings. The molecule has 0 spiro atoms. The third kappa shape index (κ3) is 3.00. The van der Waals surface area contributed by atoms with Crippen LogP contribution in [0.3, 0.4) is 0 Å². The topological polar surface area (TPSA) is 34.1 Å². The van der Waals surface area contributed by atoms with E-state index < -0.39 is 0 Å². The Morgan fingerprint density at radius 1 is 1.21 bits per heavy atom. The van der Waals surface area contributed by atoms with Crippen molar-refractivity contribution in [3.05, 3.63) is 54.4 Å². The first kappa shape index (κ1) is 12.3. The standard InChI is InChI=1S/C16H18N2O/c1-2-6-16(13-5-3-8-17-10-13)14(4-1)12-19-15-7-9-18-11-15/h1-6,8,10,15,18H,7,9,11-12H2/t15-/m0/s1. The first-order valence-corrected chi connectivity index (χ1v) is 6.74. The number of ether oxygens (including phenoxy) is 1. The van der Waals surface area contributed by atoms with Gasteiger partial charge in [0.1, 0.15) is 0 Å². The normalized spacial score (nSPS) is 18.6. The second kappa shape index (κ2) is 5.95. The SMILES string of the molecule is c1cncc(-c2ccccc2CO[C@H]2CCNC2)c1. The third-order valence-electron chi connectivity index (χ3n) is 3.48. The van der Waals surface area contributed by atoms with Gasteiger partial charge in [0.2, 0.25) is 0 Å². The number of pyridine rings is 1. The van der Waals surface area contributed by atoms with Gasteiger partial charge in [-0.1, -0.05) is 30.3 Å². The maximum absolute atomic E-state index is 5.97. The molecule has 0 saturated carbocycles. The van der Waals surface area contributed by atoms with Crippen molar-refractivity contribution in [3.63, 3.8) is 0 Å². The number of hydrogen-bond acceptors (Lipinski definition) is 3. The fourth-order valence-electron chi connectivity index (χ4n) is 2.43. The zero-order chi connectivity index (χ0) is 12.9. The molecular weight excluding hydrogens is 236 g/mol. The van der Waals surface area contributed by atoms with E-state index in [-0.39, 0.29) is 0 Å². The zero-order valence-corrected chi connectivity index (χ0v) is 10.9. The predicted molar refractivity (Wildman–Crippen MR) is 75.7 cm³/mol. The molecule has 0 aliphatic carbocycles. The Morgan fingerprint density at radius 2 is 2.16 bits per heavy atom. The summed E-state index contributed by atoms with van der Waals surface area (Å²) in [5.41, 5.74) is 3.58. The molecule has 3 heteroatoms. The van der Waals surface area contributed by atoms with Gasteiger partial charge in [0.15, 0.2) is 0 Å². The molecule has 1 fully saturated rings. The summed E-state index contributed by atoms with van der Waals surface area (Å²) in [7, 11) is 0. The van der Waals surface area contributed by atoms with Gasteiger partial charge in [0.05, 0.1) is 12.7 Å². The minimum atomic E-state index is 0.349. The van der Waals surface area contributed by atoms with Gasteiger partial charge in [-0.15, -0.1) is 0 Å². The first-order valence-electron chi connectivity index (χ1n) is 6.74. The highest BCUT2D eigenvalue weighted by atomic mass is 16.5. The molecule has 0 bridgehead atoms. The van der Waals surface area contributed by atoms with E-state index in [1.165, 1.54) is 11.1 Å². The fraction of sp³-hybridized carbons (Fsp3) is 0.312. The molecule has 1 aromatic carbocycles. The van der Waals surface area contributed by atoms with Gasteiger partial charge in [-0.25, -0.2) is 0 Å². The molecule has 2 aromatic rings. The summed E-state index contributed by atoms with van der Waals surface area (Å²) in [6.07, 6.45) is 5.15. The van der Waals surface area contributed by atoms with E-state index >= 15 is 0 Å². The van der Waals surface area contributed by atoms with Crippen LogP contribution in [0, 0.1) is 0 Å². The highest BCUT2D eigenvalue weighted by Crippen LogP contribution is 2.23. The van der Waals surface area contributed by atoms with Crippen LogP contribution in [0.4, 0.5) is 0 Å². The molecule has 0 unspecified atom stereocenters. The summed E-state index contributed by atoms with van der Waals surface area (Å²) in [6.45, 7) is 2.70. The number of rotatable bonds is 4. The maximum atomic E-state index is 5.97. The van der Waals surface area contributed by atoms with Crippen molar-refractivity contribution in [2.75, 3.05) is 13.1 Å². The number of benzene rings is 1. The van der Waals surface area contributed by atoms with Crippen LogP contribution in [0.5, 0.6) is 0 Å². The lowest BCUT2D eigenvalue weighted by atomic mass is 10.0. The monoisotopic (exact) mass is 254 g/mol. The quantitative estimate of drug-likeness (QED) is 0.910. The van der Waals surface area contributed by atoms with Gasteiger partial charge in [-0.3, -0.25) is 4.98 Å². The van der Waals surface area contributed by atoms with E-state index in [2.05, 4.69) is 40.6 Å².